The second-order valence-electron chi connectivity index (χ2n) is 16.5. The van der Waals surface area contributed by atoms with Gasteiger partial charge in [0.05, 0.1) is 19.5 Å². The summed E-state index contributed by atoms with van der Waals surface area (Å²) in [6, 6.07) is 28.5. The first-order chi connectivity index (χ1) is 33.6. The van der Waals surface area contributed by atoms with Crippen LogP contribution in [0.1, 0.15) is 103 Å². The van der Waals surface area contributed by atoms with Gasteiger partial charge in [0.15, 0.2) is 0 Å². The van der Waals surface area contributed by atoms with Crippen LogP contribution >= 0.6 is 138 Å². The Morgan fingerprint density at radius 2 is 0.583 bits per heavy atom. The van der Waals surface area contributed by atoms with E-state index in [4.69, 9.17) is 0 Å². The summed E-state index contributed by atoms with van der Waals surface area (Å²) in [4.78, 5) is 25.4. The molecule has 0 bridgehead atoms. The second kappa shape index (κ2) is 37.5. The van der Waals surface area contributed by atoms with Crippen LogP contribution < -0.4 is 0 Å². The maximum atomic E-state index is 4.12. The van der Waals surface area contributed by atoms with Gasteiger partial charge in [-0.1, -0.05) is 63.5 Å². The van der Waals surface area contributed by atoms with Gasteiger partial charge < -0.3 is 27.7 Å². The van der Waals surface area contributed by atoms with Crippen LogP contribution in [0, 0.1) is 27.7 Å². The van der Waals surface area contributed by atoms with Crippen LogP contribution in [-0.4, -0.2) is 23.0 Å². The molecule has 8 aromatic rings. The summed E-state index contributed by atoms with van der Waals surface area (Å²) in [7, 11) is 0. The Hall–Kier alpha value is 3.42. The van der Waals surface area contributed by atoms with Gasteiger partial charge in [0.25, 0.3) is 0 Å². The molecule has 8 rings (SSSR count). The number of thioether (sulfide) groups is 4. The second-order valence-corrected chi connectivity index (χ2v) is 29.4. The summed E-state index contributed by atoms with van der Waals surface area (Å²) in [5, 5.41) is 4.40. The van der Waals surface area contributed by atoms with Gasteiger partial charge in [-0.15, -0.1) is 138 Å². The van der Waals surface area contributed by atoms with E-state index >= 15 is 0 Å². The van der Waals surface area contributed by atoms with E-state index in [1.807, 2.05) is 114 Å². The van der Waals surface area contributed by atoms with Crippen LogP contribution in [0.15, 0.2) is 103 Å². The Morgan fingerprint density at radius 1 is 0.292 bits per heavy atom. The molecule has 0 atom stereocenters. The molecule has 0 spiro atoms. The molecule has 0 N–H and O–H groups in total. The summed E-state index contributed by atoms with van der Waals surface area (Å²) >= 11 is 23.9. The van der Waals surface area contributed by atoms with Gasteiger partial charge in [-0.3, -0.25) is 0 Å². The summed E-state index contributed by atoms with van der Waals surface area (Å²) in [5.41, 5.74) is 0. The molecule has 8 aromatic heterocycles. The average molecular weight is 1480 g/mol. The Bertz CT molecular complexity index is 2490. The van der Waals surface area contributed by atoms with Crippen molar-refractivity contribution in [3.8, 4) is 68.3 Å². The van der Waals surface area contributed by atoms with Crippen molar-refractivity contribution >= 4 is 138 Å². The van der Waals surface area contributed by atoms with Gasteiger partial charge >= 0.3 is 0 Å². The summed E-state index contributed by atoms with van der Waals surface area (Å²) in [5.74, 6) is 4.59. The van der Waals surface area contributed by atoms with Gasteiger partial charge in [0.2, 0.25) is 0 Å². The predicted molar refractivity (Wildman–Crippen MR) is 326 cm³/mol. The van der Waals surface area contributed by atoms with Crippen molar-refractivity contribution < 1.29 is 131 Å². The van der Waals surface area contributed by atoms with Crippen LogP contribution in [0.3, 0.4) is 0 Å². The molecule has 0 saturated carbocycles. The number of unbranched alkanes of at least 4 members (excludes halogenated alkanes) is 12. The van der Waals surface area contributed by atoms with Gasteiger partial charge in [0.1, 0.15) is 0 Å². The van der Waals surface area contributed by atoms with E-state index in [-0.39, 0.29) is 131 Å². The minimum atomic E-state index is 0. The summed E-state index contributed by atoms with van der Waals surface area (Å²) < 4.78 is 0. The standard InChI is InChI=1S/C56H62S12.4Y/c1-5-9-13-17-29-59-49-35-45(39-23-21-33-57-39)65-53(49)43-27-25-41(63-43)47-37-51(61-31-19-15-11-7-3)55(67-47)56-52(62-32-20-16-12-8-4)38-48(68-56)42-26-28-44(64-42)54-50(60-30-18-14-10-6-2)36-46(66-54)40-24-22-34-58-40;;;;/h21-28,33-38H,1-20,29-32H2;;;;/q-4;;;;. The predicted octanol–water partition coefficient (Wildman–Crippen LogP) is 23.8. The largest absolute Gasteiger partial charge is 0.343 e. The van der Waals surface area contributed by atoms with Crippen molar-refractivity contribution in [2.24, 2.45) is 0 Å². The van der Waals surface area contributed by atoms with E-state index in [0.717, 1.165) is 48.7 Å². The third kappa shape index (κ3) is 19.8. The topological polar surface area (TPSA) is 0 Å². The molecule has 0 aliphatic carbocycles. The number of hydrogen-bond donors (Lipinski definition) is 0. The Morgan fingerprint density at radius 3 is 0.889 bits per heavy atom. The van der Waals surface area contributed by atoms with Gasteiger partial charge in [-0.2, -0.15) is 25.7 Å². The van der Waals surface area contributed by atoms with E-state index in [9.17, 15) is 0 Å². The summed E-state index contributed by atoms with van der Waals surface area (Å²) in [6.45, 7) is 16.4. The molecule has 0 aromatic carbocycles. The molecule has 4 radical (unpaired) electrons. The number of thiophene rings is 8. The zero-order valence-electron chi connectivity index (χ0n) is 41.3. The molecule has 0 fully saturated rings. The van der Waals surface area contributed by atoms with Gasteiger partial charge in [0, 0.05) is 199 Å². The first-order valence-corrected chi connectivity index (χ1v) is 34.7. The first-order valence-electron chi connectivity index (χ1n) is 24.1. The van der Waals surface area contributed by atoms with E-state index in [1.54, 1.807) is 0 Å². The van der Waals surface area contributed by atoms with Crippen molar-refractivity contribution in [3.05, 3.63) is 111 Å². The molecule has 0 nitrogen and oxygen atoms in total. The van der Waals surface area contributed by atoms with Gasteiger partial charge in [-0.25, -0.2) is 0 Å². The first kappa shape index (κ1) is 67.9. The fourth-order valence-corrected chi connectivity index (χ4v) is 21.9. The van der Waals surface area contributed by atoms with Gasteiger partial charge in [-0.05, 0) is 120 Å². The Kier molecular flexibility index (Phi) is 35.4. The zero-order valence-corrected chi connectivity index (χ0v) is 62.4. The Balaban J connectivity index is 0.00000281. The van der Waals surface area contributed by atoms with Crippen molar-refractivity contribution in [2.45, 2.75) is 122 Å². The minimum absolute atomic E-state index is 0. The average Bonchev–Trinajstić information content (AvgIpc) is 4.20. The number of hydrogen-bond acceptors (Lipinski definition) is 12. The fraction of sp³-hybridized carbons (Fsp3) is 0.357. The smallest absolute Gasteiger partial charge is 0.0596 e. The minimum Gasteiger partial charge on any atom is -0.343 e. The molecule has 0 amide bonds. The molecular weight excluding hydrogens is 1410 g/mol. The third-order valence-corrected chi connectivity index (χ3v) is 26.1. The molecule has 0 saturated heterocycles. The zero-order chi connectivity index (χ0) is 46.9. The molecule has 8 heterocycles. The van der Waals surface area contributed by atoms with Crippen molar-refractivity contribution in [3.63, 3.8) is 0 Å². The molecule has 0 aliphatic rings. The van der Waals surface area contributed by atoms with E-state index in [0.29, 0.717) is 0 Å². The maximum Gasteiger partial charge on any atom is 0.0596 e. The molecular formula is C56H62S12Y4-4. The molecule has 374 valence electrons. The maximum absolute atomic E-state index is 4.12. The quantitative estimate of drug-likeness (QED) is 0.0241. The van der Waals surface area contributed by atoms with Crippen molar-refractivity contribution in [1.29, 1.82) is 0 Å². The van der Waals surface area contributed by atoms with Crippen molar-refractivity contribution in [2.75, 3.05) is 23.0 Å². The van der Waals surface area contributed by atoms with Crippen LogP contribution in [0.4, 0.5) is 0 Å². The van der Waals surface area contributed by atoms with E-state index in [1.165, 1.54) is 165 Å². The SMILES string of the molecule is [CH2-]CCCCCSc1cc(-c2cccs2)sc1-c1ccc(-c2cc(SCCCCC[CH2-])c(-c3sc(-c4ccc(-c5sc(-c6cccs6)cc5SCCCCC[CH2-])s4)cc3SCCCCC[CH2-])s2)s1.[Y].[Y].[Y].[Y]. The molecule has 72 heavy (non-hydrogen) atoms. The number of rotatable bonds is 31. The summed E-state index contributed by atoms with van der Waals surface area (Å²) in [6.07, 6.45) is 18.9. The third-order valence-electron chi connectivity index (χ3n) is 11.3. The van der Waals surface area contributed by atoms with Crippen LogP contribution in [0.2, 0.25) is 0 Å². The monoisotopic (exact) mass is 1470 g/mol. The molecule has 16 heteroatoms. The van der Waals surface area contributed by atoms with Crippen LogP contribution in [0.5, 0.6) is 0 Å². The van der Waals surface area contributed by atoms with E-state index < -0.39 is 0 Å². The van der Waals surface area contributed by atoms with Crippen molar-refractivity contribution in [1.82, 2.24) is 0 Å². The molecule has 0 aliphatic heterocycles. The fourth-order valence-electron chi connectivity index (χ4n) is 7.64. The Labute approximate surface area is 583 Å². The van der Waals surface area contributed by atoms with Crippen LogP contribution in [-0.2, 0) is 131 Å². The van der Waals surface area contributed by atoms with E-state index in [2.05, 4.69) is 135 Å². The van der Waals surface area contributed by atoms with Crippen LogP contribution in [0.25, 0.3) is 68.3 Å². The normalized spacial score (nSPS) is 11.1. The molecule has 0 unspecified atom stereocenters.